The van der Waals surface area contributed by atoms with Crippen LogP contribution in [0.1, 0.15) is 38.8 Å². The number of pyridine rings is 1. The van der Waals surface area contributed by atoms with Gasteiger partial charge >= 0.3 is 0 Å². The van der Waals surface area contributed by atoms with Crippen LogP contribution in [-0.4, -0.2) is 31.7 Å². The van der Waals surface area contributed by atoms with Crippen molar-refractivity contribution in [2.75, 3.05) is 26.7 Å². The van der Waals surface area contributed by atoms with E-state index in [0.717, 1.165) is 19.6 Å². The molecule has 0 amide bonds. The topological polar surface area (TPSA) is 37.0 Å². The first-order valence-corrected chi connectivity index (χ1v) is 7.35. The summed E-state index contributed by atoms with van der Waals surface area (Å²) < 4.78 is 0. The molecule has 0 saturated heterocycles. The molecule has 0 bridgehead atoms. The zero-order valence-corrected chi connectivity index (χ0v) is 12.5. The van der Waals surface area contributed by atoms with Crippen LogP contribution >= 0.6 is 0 Å². The van der Waals surface area contributed by atoms with Crippen molar-refractivity contribution < 1.29 is 0 Å². The molecule has 1 aromatic rings. The molecule has 1 aliphatic carbocycles. The van der Waals surface area contributed by atoms with E-state index in [2.05, 4.69) is 48.6 Å². The van der Waals surface area contributed by atoms with Crippen LogP contribution in [-0.2, 0) is 5.41 Å². The molecule has 0 radical (unpaired) electrons. The van der Waals surface area contributed by atoms with E-state index in [-0.39, 0.29) is 5.41 Å². The average molecular weight is 261 g/mol. The lowest BCUT2D eigenvalue weighted by Crippen LogP contribution is -2.48. The van der Waals surface area contributed by atoms with E-state index in [1.54, 1.807) is 0 Å². The first kappa shape index (κ1) is 14.5. The van der Waals surface area contributed by atoms with E-state index in [1.165, 1.54) is 25.0 Å². The molecule has 0 aromatic carbocycles. The van der Waals surface area contributed by atoms with Gasteiger partial charge in [-0.05, 0) is 37.4 Å². The molecule has 2 rings (SSSR count). The minimum atomic E-state index is 0.0891. The summed E-state index contributed by atoms with van der Waals surface area (Å²) in [6.07, 6.45) is 5.97. The highest BCUT2D eigenvalue weighted by Gasteiger charge is 2.36. The normalized spacial score (nSPS) is 18.1. The first-order chi connectivity index (χ1) is 9.08. The van der Waals surface area contributed by atoms with Gasteiger partial charge in [0.25, 0.3) is 0 Å². The van der Waals surface area contributed by atoms with Crippen LogP contribution in [0.15, 0.2) is 24.4 Å². The van der Waals surface area contributed by atoms with Crippen LogP contribution in [0.4, 0.5) is 0 Å². The monoisotopic (exact) mass is 261 g/mol. The Balaban J connectivity index is 1.85. The van der Waals surface area contributed by atoms with Crippen molar-refractivity contribution >= 4 is 0 Å². The zero-order chi connectivity index (χ0) is 13.8. The maximum absolute atomic E-state index is 4.48. The second kappa shape index (κ2) is 6.02. The summed E-state index contributed by atoms with van der Waals surface area (Å²) in [6.45, 7) is 7.74. The van der Waals surface area contributed by atoms with Gasteiger partial charge in [0.1, 0.15) is 0 Å². The number of nitrogens with zero attached hydrogens (tertiary/aromatic N) is 1. The van der Waals surface area contributed by atoms with Crippen molar-refractivity contribution in [3.05, 3.63) is 30.1 Å². The van der Waals surface area contributed by atoms with Crippen molar-refractivity contribution in [3.8, 4) is 0 Å². The Labute approximate surface area is 117 Å². The quantitative estimate of drug-likeness (QED) is 0.791. The molecule has 3 nitrogen and oxygen atoms in total. The maximum Gasteiger partial charge on any atom is 0.0472 e. The predicted molar refractivity (Wildman–Crippen MR) is 80.3 cm³/mol. The Morgan fingerprint density at radius 1 is 1.26 bits per heavy atom. The first-order valence-electron chi connectivity index (χ1n) is 7.35. The highest BCUT2D eigenvalue weighted by Crippen LogP contribution is 2.39. The highest BCUT2D eigenvalue weighted by atomic mass is 14.9. The summed E-state index contributed by atoms with van der Waals surface area (Å²) in [5.41, 5.74) is 1.75. The summed E-state index contributed by atoms with van der Waals surface area (Å²) in [7, 11) is 2.05. The predicted octanol–water partition coefficient (Wildman–Crippen LogP) is 2.34. The second-order valence-corrected chi connectivity index (χ2v) is 6.59. The smallest absolute Gasteiger partial charge is 0.0472 e. The van der Waals surface area contributed by atoms with Gasteiger partial charge in [-0.1, -0.05) is 26.3 Å². The molecule has 3 heteroatoms. The third kappa shape index (κ3) is 3.54. The van der Waals surface area contributed by atoms with Crippen molar-refractivity contribution in [1.82, 2.24) is 15.6 Å². The van der Waals surface area contributed by atoms with E-state index in [9.17, 15) is 0 Å². The largest absolute Gasteiger partial charge is 0.319 e. The summed E-state index contributed by atoms with van der Waals surface area (Å²) in [5, 5.41) is 7.01. The lowest BCUT2D eigenvalue weighted by atomic mass is 9.68. The molecule has 2 N–H and O–H groups in total. The van der Waals surface area contributed by atoms with Gasteiger partial charge in [-0.2, -0.15) is 0 Å². The fourth-order valence-corrected chi connectivity index (χ4v) is 2.96. The average Bonchev–Trinajstić information content (AvgIpc) is 2.37. The fourth-order valence-electron chi connectivity index (χ4n) is 2.96. The minimum absolute atomic E-state index is 0.0891. The van der Waals surface area contributed by atoms with Crippen LogP contribution in [0, 0.1) is 5.41 Å². The van der Waals surface area contributed by atoms with Gasteiger partial charge in [0, 0.05) is 36.9 Å². The van der Waals surface area contributed by atoms with Crippen molar-refractivity contribution in [2.45, 2.75) is 38.5 Å². The Morgan fingerprint density at radius 2 is 2.05 bits per heavy atom. The van der Waals surface area contributed by atoms with Gasteiger partial charge < -0.3 is 10.6 Å². The molecule has 1 fully saturated rings. The van der Waals surface area contributed by atoms with Gasteiger partial charge in [-0.25, -0.2) is 0 Å². The Hall–Kier alpha value is -0.930. The Bertz CT molecular complexity index is 382. The number of hydrogen-bond acceptors (Lipinski definition) is 3. The van der Waals surface area contributed by atoms with E-state index in [4.69, 9.17) is 0 Å². The standard InChI is InChI=1S/C16H27N3/c1-15(2,14-7-4-5-10-19-14)11-18-13-16(12-17-3)8-6-9-16/h4-5,7,10,17-18H,6,8-9,11-13H2,1-3H3. The van der Waals surface area contributed by atoms with E-state index in [1.807, 2.05) is 12.3 Å². The van der Waals surface area contributed by atoms with Crippen molar-refractivity contribution in [3.63, 3.8) is 0 Å². The van der Waals surface area contributed by atoms with Crippen LogP contribution < -0.4 is 10.6 Å². The summed E-state index contributed by atoms with van der Waals surface area (Å²) in [4.78, 5) is 4.48. The van der Waals surface area contributed by atoms with Crippen LogP contribution in [0.3, 0.4) is 0 Å². The molecule has 0 spiro atoms. The summed E-state index contributed by atoms with van der Waals surface area (Å²) in [6, 6.07) is 6.16. The van der Waals surface area contributed by atoms with Gasteiger partial charge in [-0.3, -0.25) is 4.98 Å². The number of nitrogens with one attached hydrogen (secondary N) is 2. The lowest BCUT2D eigenvalue weighted by molar-refractivity contribution is 0.128. The fraction of sp³-hybridized carbons (Fsp3) is 0.688. The number of hydrogen-bond donors (Lipinski definition) is 2. The molecule has 106 valence electrons. The second-order valence-electron chi connectivity index (χ2n) is 6.59. The summed E-state index contributed by atoms with van der Waals surface area (Å²) >= 11 is 0. The molecular formula is C16H27N3. The molecule has 19 heavy (non-hydrogen) atoms. The SMILES string of the molecule is CNCC1(CNCC(C)(C)c2ccccn2)CCC1. The molecule has 1 aromatic heterocycles. The zero-order valence-electron chi connectivity index (χ0n) is 12.5. The van der Waals surface area contributed by atoms with Crippen LogP contribution in [0.25, 0.3) is 0 Å². The third-order valence-corrected chi connectivity index (χ3v) is 4.39. The molecular weight excluding hydrogens is 234 g/mol. The van der Waals surface area contributed by atoms with E-state index < -0.39 is 0 Å². The minimum Gasteiger partial charge on any atom is -0.319 e. The highest BCUT2D eigenvalue weighted by molar-refractivity contribution is 5.15. The Morgan fingerprint density at radius 3 is 2.58 bits per heavy atom. The van der Waals surface area contributed by atoms with E-state index >= 15 is 0 Å². The molecule has 1 saturated carbocycles. The Kier molecular flexibility index (Phi) is 4.58. The van der Waals surface area contributed by atoms with Gasteiger partial charge in [0.15, 0.2) is 0 Å². The maximum atomic E-state index is 4.48. The molecule has 0 atom stereocenters. The summed E-state index contributed by atoms with van der Waals surface area (Å²) in [5.74, 6) is 0. The number of rotatable bonds is 7. The van der Waals surface area contributed by atoms with E-state index in [0.29, 0.717) is 5.41 Å². The third-order valence-electron chi connectivity index (χ3n) is 4.39. The molecule has 1 aliphatic rings. The lowest BCUT2D eigenvalue weighted by Gasteiger charge is -2.43. The van der Waals surface area contributed by atoms with Gasteiger partial charge in [0.05, 0.1) is 0 Å². The van der Waals surface area contributed by atoms with Crippen LogP contribution in [0.5, 0.6) is 0 Å². The van der Waals surface area contributed by atoms with Gasteiger partial charge in [-0.15, -0.1) is 0 Å². The molecule has 1 heterocycles. The van der Waals surface area contributed by atoms with Crippen molar-refractivity contribution in [2.24, 2.45) is 5.41 Å². The van der Waals surface area contributed by atoms with Crippen LogP contribution in [0.2, 0.25) is 0 Å². The molecule has 0 unspecified atom stereocenters. The van der Waals surface area contributed by atoms with Gasteiger partial charge in [0.2, 0.25) is 0 Å². The van der Waals surface area contributed by atoms with Crippen molar-refractivity contribution in [1.29, 1.82) is 0 Å². The molecule has 0 aliphatic heterocycles. The number of aromatic nitrogens is 1.